The highest BCUT2D eigenvalue weighted by Gasteiger charge is 2.36. The third-order valence-electron chi connectivity index (χ3n) is 4.70. The van der Waals surface area contributed by atoms with Gasteiger partial charge in [-0.3, -0.25) is 14.5 Å². The van der Waals surface area contributed by atoms with E-state index in [9.17, 15) is 13.2 Å². The molecule has 1 atom stereocenters. The van der Waals surface area contributed by atoms with Gasteiger partial charge in [-0.15, -0.1) is 11.3 Å². The molecule has 4 rings (SSSR count). The van der Waals surface area contributed by atoms with E-state index in [0.29, 0.717) is 29.4 Å². The second-order valence-corrected chi connectivity index (χ2v) is 9.77. The monoisotopic (exact) mass is 428 g/mol. The third kappa shape index (κ3) is 4.63. The Kier molecular flexibility index (Phi) is 5.33. The molecular formula is C20H20N4O3S2. The first-order valence-corrected chi connectivity index (χ1v) is 11.6. The van der Waals surface area contributed by atoms with Gasteiger partial charge in [0.05, 0.1) is 16.9 Å². The van der Waals surface area contributed by atoms with Crippen molar-refractivity contribution in [1.29, 1.82) is 0 Å². The number of anilines is 2. The second-order valence-electron chi connectivity index (χ2n) is 6.95. The van der Waals surface area contributed by atoms with Gasteiger partial charge in [0.25, 0.3) is 0 Å². The van der Waals surface area contributed by atoms with Crippen LogP contribution in [0.25, 0.3) is 11.1 Å². The molecule has 150 valence electrons. The highest BCUT2D eigenvalue weighted by atomic mass is 32.2. The fourth-order valence-electron chi connectivity index (χ4n) is 2.78. The van der Waals surface area contributed by atoms with E-state index in [2.05, 4.69) is 20.0 Å². The van der Waals surface area contributed by atoms with Gasteiger partial charge in [0.1, 0.15) is 0 Å². The maximum absolute atomic E-state index is 12.6. The van der Waals surface area contributed by atoms with Crippen LogP contribution in [0.1, 0.15) is 31.4 Å². The molecule has 2 aromatic heterocycles. The maximum Gasteiger partial charge on any atom is 0.237 e. The predicted molar refractivity (Wildman–Crippen MR) is 114 cm³/mol. The summed E-state index contributed by atoms with van der Waals surface area (Å²) in [6.07, 6.45) is 4.88. The second kappa shape index (κ2) is 7.92. The zero-order valence-corrected chi connectivity index (χ0v) is 17.3. The Bertz CT molecular complexity index is 1110. The number of carbonyl (C=O) groups excluding carboxylic acids is 1. The molecular weight excluding hydrogens is 408 g/mol. The number of hydrogen-bond acceptors (Lipinski definition) is 6. The van der Waals surface area contributed by atoms with Gasteiger partial charge in [0, 0.05) is 23.5 Å². The van der Waals surface area contributed by atoms with Crippen LogP contribution in [-0.2, 0) is 14.8 Å². The highest BCUT2D eigenvalue weighted by molar-refractivity contribution is 7.93. The fraction of sp³-hybridized carbons (Fsp3) is 0.250. The van der Waals surface area contributed by atoms with Crippen LogP contribution in [0.5, 0.6) is 0 Å². The van der Waals surface area contributed by atoms with E-state index in [1.54, 1.807) is 24.7 Å². The summed E-state index contributed by atoms with van der Waals surface area (Å²) in [5, 5.41) is 4.57. The predicted octanol–water partition coefficient (Wildman–Crippen LogP) is 3.85. The molecule has 1 amide bonds. The summed E-state index contributed by atoms with van der Waals surface area (Å²) >= 11 is 1.19. The number of sulfonamides is 1. The van der Waals surface area contributed by atoms with Crippen LogP contribution in [-0.4, -0.2) is 29.5 Å². The minimum Gasteiger partial charge on any atom is -0.326 e. The number of carbonyl (C=O) groups is 1. The van der Waals surface area contributed by atoms with Crippen molar-refractivity contribution in [2.45, 2.75) is 30.9 Å². The zero-order valence-electron chi connectivity index (χ0n) is 15.7. The van der Waals surface area contributed by atoms with Crippen molar-refractivity contribution in [2.24, 2.45) is 0 Å². The van der Waals surface area contributed by atoms with Gasteiger partial charge in [-0.2, -0.15) is 0 Å². The number of aromatic nitrogens is 2. The molecule has 0 saturated heterocycles. The van der Waals surface area contributed by atoms with Crippen molar-refractivity contribution in [3.63, 3.8) is 0 Å². The van der Waals surface area contributed by atoms with Gasteiger partial charge in [0.15, 0.2) is 5.13 Å². The van der Waals surface area contributed by atoms with Crippen LogP contribution in [0.4, 0.5) is 10.8 Å². The van der Waals surface area contributed by atoms with Gasteiger partial charge in [-0.25, -0.2) is 13.4 Å². The van der Waals surface area contributed by atoms with Gasteiger partial charge < -0.3 is 5.32 Å². The van der Waals surface area contributed by atoms with Gasteiger partial charge in [0.2, 0.25) is 15.9 Å². The summed E-state index contributed by atoms with van der Waals surface area (Å²) in [6.45, 7) is 1.74. The van der Waals surface area contributed by atoms with Crippen LogP contribution < -0.4 is 10.0 Å². The van der Waals surface area contributed by atoms with Crippen molar-refractivity contribution < 1.29 is 13.2 Å². The van der Waals surface area contributed by atoms with E-state index < -0.39 is 15.9 Å². The Morgan fingerprint density at radius 1 is 1.17 bits per heavy atom. The molecule has 0 bridgehead atoms. The summed E-state index contributed by atoms with van der Waals surface area (Å²) < 4.78 is 26.5. The van der Waals surface area contributed by atoms with E-state index in [4.69, 9.17) is 0 Å². The van der Waals surface area contributed by atoms with Crippen LogP contribution in [0, 0.1) is 0 Å². The van der Waals surface area contributed by atoms with Gasteiger partial charge >= 0.3 is 0 Å². The molecule has 0 aliphatic heterocycles. The van der Waals surface area contributed by atoms with Crippen LogP contribution in [0.15, 0.2) is 54.2 Å². The van der Waals surface area contributed by atoms with E-state index >= 15 is 0 Å². The summed E-state index contributed by atoms with van der Waals surface area (Å²) in [5.74, 6) is -0.718. The zero-order chi connectivity index (χ0) is 20.4. The summed E-state index contributed by atoms with van der Waals surface area (Å²) in [6, 6.07) is 11.4. The molecule has 1 unspecified atom stereocenters. The lowest BCUT2D eigenvalue weighted by atomic mass is 10.1. The lowest BCUT2D eigenvalue weighted by Gasteiger charge is -2.11. The first-order chi connectivity index (χ1) is 13.9. The Hall–Kier alpha value is -2.78. The van der Waals surface area contributed by atoms with Gasteiger partial charge in [-0.05, 0) is 49.1 Å². The number of hydrogen-bond donors (Lipinski definition) is 2. The summed E-state index contributed by atoms with van der Waals surface area (Å²) in [5.41, 5.74) is 3.23. The number of nitrogens with zero attached hydrogens (tertiary/aromatic N) is 2. The Balaban J connectivity index is 1.39. The number of nitrogens with one attached hydrogen (secondary N) is 2. The molecule has 1 fully saturated rings. The summed E-state index contributed by atoms with van der Waals surface area (Å²) in [7, 11) is -3.36. The lowest BCUT2D eigenvalue weighted by molar-refractivity contribution is -0.117. The van der Waals surface area contributed by atoms with Crippen LogP contribution >= 0.6 is 11.3 Å². The fourth-order valence-corrected chi connectivity index (χ4v) is 5.18. The molecule has 7 nitrogen and oxygen atoms in total. The normalized spacial score (nSPS) is 14.9. The molecule has 1 saturated carbocycles. The topological polar surface area (TPSA) is 101 Å². The first kappa shape index (κ1) is 19.5. The van der Waals surface area contributed by atoms with Crippen LogP contribution in [0.3, 0.4) is 0 Å². The molecule has 9 heteroatoms. The number of rotatable bonds is 7. The number of benzene rings is 1. The largest absolute Gasteiger partial charge is 0.326 e. The summed E-state index contributed by atoms with van der Waals surface area (Å²) in [4.78, 5) is 21.0. The Morgan fingerprint density at radius 2 is 1.93 bits per heavy atom. The standard InChI is InChI=1S/C20H20N4O3S2/c1-13(18-12-28-20(23-18)24-29(26,27)17-8-9-17)19(25)22-16-6-4-14(5-7-16)15-3-2-10-21-11-15/h2-7,10-13,17H,8-9H2,1H3,(H,22,25)(H,23,24). The molecule has 29 heavy (non-hydrogen) atoms. The van der Waals surface area contributed by atoms with Crippen molar-refractivity contribution in [3.8, 4) is 11.1 Å². The van der Waals surface area contributed by atoms with Crippen molar-refractivity contribution in [3.05, 3.63) is 59.9 Å². The number of amides is 1. The van der Waals surface area contributed by atoms with E-state index in [1.165, 1.54) is 11.3 Å². The molecule has 0 spiro atoms. The Labute approximate surface area is 173 Å². The quantitative estimate of drug-likeness (QED) is 0.595. The molecule has 1 aliphatic rings. The van der Waals surface area contributed by atoms with Crippen LogP contribution in [0.2, 0.25) is 0 Å². The minimum atomic E-state index is -3.36. The smallest absolute Gasteiger partial charge is 0.237 e. The molecule has 2 heterocycles. The molecule has 2 N–H and O–H groups in total. The highest BCUT2D eigenvalue weighted by Crippen LogP contribution is 2.31. The van der Waals surface area contributed by atoms with Crippen molar-refractivity contribution in [1.82, 2.24) is 9.97 Å². The SMILES string of the molecule is CC(C(=O)Nc1ccc(-c2cccnc2)cc1)c1csc(NS(=O)(=O)C2CC2)n1. The van der Waals surface area contributed by atoms with E-state index in [1.807, 2.05) is 36.4 Å². The van der Waals surface area contributed by atoms with E-state index in [-0.39, 0.29) is 11.2 Å². The molecule has 0 radical (unpaired) electrons. The third-order valence-corrected chi connectivity index (χ3v) is 7.43. The van der Waals surface area contributed by atoms with Crippen molar-refractivity contribution in [2.75, 3.05) is 10.0 Å². The average Bonchev–Trinajstić information content (AvgIpc) is 3.50. The number of thiazole rings is 1. The number of pyridine rings is 1. The Morgan fingerprint density at radius 3 is 2.59 bits per heavy atom. The minimum absolute atomic E-state index is 0.207. The van der Waals surface area contributed by atoms with Crippen molar-refractivity contribution >= 4 is 38.1 Å². The van der Waals surface area contributed by atoms with Gasteiger partial charge in [-0.1, -0.05) is 18.2 Å². The van der Waals surface area contributed by atoms with E-state index in [0.717, 1.165) is 11.1 Å². The average molecular weight is 429 g/mol. The lowest BCUT2D eigenvalue weighted by Crippen LogP contribution is -2.20. The molecule has 1 aromatic carbocycles. The molecule has 1 aliphatic carbocycles. The maximum atomic E-state index is 12.6. The molecule has 3 aromatic rings. The first-order valence-electron chi connectivity index (χ1n) is 9.21.